The lowest BCUT2D eigenvalue weighted by molar-refractivity contribution is -0.133. The summed E-state index contributed by atoms with van der Waals surface area (Å²) in [6.45, 7) is 0.486. The normalized spacial score (nSPS) is 19.5. The van der Waals surface area contributed by atoms with E-state index in [1.165, 1.54) is 0 Å². The second-order valence-electron chi connectivity index (χ2n) is 4.47. The molecule has 0 radical (unpaired) electrons. The molecule has 1 aromatic rings. The summed E-state index contributed by atoms with van der Waals surface area (Å²) in [4.78, 5) is 26.9. The molecule has 0 N–H and O–H groups in total. The lowest BCUT2D eigenvalue weighted by Crippen LogP contribution is -2.32. The number of rotatable bonds is 2. The second kappa shape index (κ2) is 4.57. The fourth-order valence-electron chi connectivity index (χ4n) is 2.10. The molecule has 1 heterocycles. The monoisotopic (exact) mass is 232 g/mol. The van der Waals surface area contributed by atoms with E-state index in [9.17, 15) is 9.59 Å². The van der Waals surface area contributed by atoms with Gasteiger partial charge in [0.1, 0.15) is 0 Å². The largest absolute Gasteiger partial charge is 0.349 e. The number of amides is 2. The Hall–Kier alpha value is -1.84. The van der Waals surface area contributed by atoms with Crippen molar-refractivity contribution < 1.29 is 9.59 Å². The molecule has 0 aromatic heterocycles. The molecule has 1 fully saturated rings. The van der Waals surface area contributed by atoms with Crippen LogP contribution in [0.4, 0.5) is 5.69 Å². The van der Waals surface area contributed by atoms with Crippen molar-refractivity contribution in [3.63, 3.8) is 0 Å². The maximum absolute atomic E-state index is 11.9. The van der Waals surface area contributed by atoms with Crippen LogP contribution in [-0.4, -0.2) is 37.4 Å². The Bertz CT molecular complexity index is 428. The lowest BCUT2D eigenvalue weighted by atomic mass is 10.1. The van der Waals surface area contributed by atoms with E-state index >= 15 is 0 Å². The fraction of sp³-hybridized carbons (Fsp3) is 0.385. The van der Waals surface area contributed by atoms with Gasteiger partial charge in [0.15, 0.2) is 0 Å². The molecule has 2 rings (SSSR count). The summed E-state index contributed by atoms with van der Waals surface area (Å²) in [5, 5.41) is 0. The van der Waals surface area contributed by atoms with E-state index in [0.29, 0.717) is 13.0 Å². The zero-order chi connectivity index (χ0) is 12.4. The van der Waals surface area contributed by atoms with Crippen LogP contribution in [0, 0.1) is 5.92 Å². The Kier molecular flexibility index (Phi) is 3.13. The molecule has 90 valence electrons. The van der Waals surface area contributed by atoms with Gasteiger partial charge in [-0.1, -0.05) is 18.2 Å². The van der Waals surface area contributed by atoms with Crippen molar-refractivity contribution in [2.24, 2.45) is 5.92 Å². The Labute approximate surface area is 101 Å². The van der Waals surface area contributed by atoms with Gasteiger partial charge in [-0.3, -0.25) is 9.59 Å². The average molecular weight is 232 g/mol. The maximum Gasteiger partial charge on any atom is 0.227 e. The standard InChI is InChI=1S/C13H16N2O2/c1-14(2)13(17)10-8-12(16)15(9-10)11-6-4-3-5-7-11/h3-7,10H,8-9H2,1-2H3/t10-/m0/s1. The molecule has 2 amide bonds. The number of carbonyl (C=O) groups is 2. The molecule has 1 aromatic carbocycles. The van der Waals surface area contributed by atoms with Gasteiger partial charge in [0, 0.05) is 32.7 Å². The van der Waals surface area contributed by atoms with Crippen molar-refractivity contribution in [3.8, 4) is 0 Å². The first-order valence-corrected chi connectivity index (χ1v) is 5.66. The summed E-state index contributed by atoms with van der Waals surface area (Å²) < 4.78 is 0. The van der Waals surface area contributed by atoms with Crippen LogP contribution in [0.15, 0.2) is 30.3 Å². The van der Waals surface area contributed by atoms with Crippen LogP contribution in [0.3, 0.4) is 0 Å². The van der Waals surface area contributed by atoms with Gasteiger partial charge in [-0.15, -0.1) is 0 Å². The highest BCUT2D eigenvalue weighted by Crippen LogP contribution is 2.25. The summed E-state index contributed by atoms with van der Waals surface area (Å²) in [5.41, 5.74) is 0.867. The first-order valence-electron chi connectivity index (χ1n) is 5.66. The zero-order valence-corrected chi connectivity index (χ0v) is 10.1. The quantitative estimate of drug-likeness (QED) is 0.767. The first-order chi connectivity index (χ1) is 8.09. The van der Waals surface area contributed by atoms with Gasteiger partial charge in [0.25, 0.3) is 0 Å². The van der Waals surface area contributed by atoms with Crippen molar-refractivity contribution in [2.75, 3.05) is 25.5 Å². The number of carbonyl (C=O) groups excluding carboxylic acids is 2. The summed E-state index contributed by atoms with van der Waals surface area (Å²) in [6.07, 6.45) is 0.311. The molecular formula is C13H16N2O2. The van der Waals surface area contributed by atoms with E-state index < -0.39 is 0 Å². The van der Waals surface area contributed by atoms with Gasteiger partial charge >= 0.3 is 0 Å². The molecule has 0 aliphatic carbocycles. The number of para-hydroxylation sites is 1. The highest BCUT2D eigenvalue weighted by Gasteiger charge is 2.35. The van der Waals surface area contributed by atoms with E-state index in [1.807, 2.05) is 30.3 Å². The van der Waals surface area contributed by atoms with Gasteiger partial charge in [-0.2, -0.15) is 0 Å². The third-order valence-electron chi connectivity index (χ3n) is 2.98. The molecule has 4 nitrogen and oxygen atoms in total. The van der Waals surface area contributed by atoms with Crippen LogP contribution in [0.1, 0.15) is 6.42 Å². The summed E-state index contributed by atoms with van der Waals surface area (Å²) >= 11 is 0. The number of benzene rings is 1. The highest BCUT2D eigenvalue weighted by molar-refractivity contribution is 6.00. The van der Waals surface area contributed by atoms with E-state index in [0.717, 1.165) is 5.69 Å². The molecule has 1 aliphatic rings. The minimum atomic E-state index is -0.210. The van der Waals surface area contributed by atoms with Gasteiger partial charge in [-0.05, 0) is 12.1 Å². The maximum atomic E-state index is 11.9. The molecule has 1 saturated heterocycles. The van der Waals surface area contributed by atoms with Crippen molar-refractivity contribution in [2.45, 2.75) is 6.42 Å². The predicted molar refractivity (Wildman–Crippen MR) is 65.6 cm³/mol. The van der Waals surface area contributed by atoms with Gasteiger partial charge in [0.2, 0.25) is 11.8 Å². The van der Waals surface area contributed by atoms with Crippen LogP contribution in [0.2, 0.25) is 0 Å². The number of hydrogen-bond acceptors (Lipinski definition) is 2. The minimum Gasteiger partial charge on any atom is -0.349 e. The second-order valence-corrected chi connectivity index (χ2v) is 4.47. The lowest BCUT2D eigenvalue weighted by Gasteiger charge is -2.18. The van der Waals surface area contributed by atoms with E-state index in [2.05, 4.69) is 0 Å². The van der Waals surface area contributed by atoms with E-state index in [4.69, 9.17) is 0 Å². The smallest absolute Gasteiger partial charge is 0.227 e. The Balaban J connectivity index is 2.14. The van der Waals surface area contributed by atoms with Crippen LogP contribution >= 0.6 is 0 Å². The summed E-state index contributed by atoms with van der Waals surface area (Å²) in [5.74, 6) is -0.161. The SMILES string of the molecule is CN(C)C(=O)[C@H]1CC(=O)N(c2ccccc2)C1. The van der Waals surface area contributed by atoms with Crippen molar-refractivity contribution in [3.05, 3.63) is 30.3 Å². The minimum absolute atomic E-state index is 0.0244. The predicted octanol–water partition coefficient (Wildman–Crippen LogP) is 1.13. The van der Waals surface area contributed by atoms with Crippen LogP contribution < -0.4 is 4.90 Å². The van der Waals surface area contributed by atoms with Gasteiger partial charge in [0.05, 0.1) is 5.92 Å². The Morgan fingerprint density at radius 1 is 1.29 bits per heavy atom. The first kappa shape index (κ1) is 11.6. The molecule has 1 aliphatic heterocycles. The molecular weight excluding hydrogens is 216 g/mol. The molecule has 17 heavy (non-hydrogen) atoms. The third-order valence-corrected chi connectivity index (χ3v) is 2.98. The summed E-state index contributed by atoms with van der Waals surface area (Å²) in [7, 11) is 3.44. The molecule has 0 saturated carbocycles. The van der Waals surface area contributed by atoms with Crippen molar-refractivity contribution in [1.82, 2.24) is 4.90 Å². The number of hydrogen-bond donors (Lipinski definition) is 0. The topological polar surface area (TPSA) is 40.6 Å². The molecule has 0 bridgehead atoms. The third kappa shape index (κ3) is 2.30. The number of anilines is 1. The van der Waals surface area contributed by atoms with Gasteiger partial charge in [-0.25, -0.2) is 0 Å². The zero-order valence-electron chi connectivity index (χ0n) is 10.1. The van der Waals surface area contributed by atoms with E-state index in [-0.39, 0.29) is 17.7 Å². The number of nitrogens with zero attached hydrogens (tertiary/aromatic N) is 2. The van der Waals surface area contributed by atoms with E-state index in [1.54, 1.807) is 23.9 Å². The van der Waals surface area contributed by atoms with Crippen molar-refractivity contribution in [1.29, 1.82) is 0 Å². The highest BCUT2D eigenvalue weighted by atomic mass is 16.2. The van der Waals surface area contributed by atoms with Crippen LogP contribution in [0.5, 0.6) is 0 Å². The van der Waals surface area contributed by atoms with Crippen molar-refractivity contribution >= 4 is 17.5 Å². The molecule has 0 unspecified atom stereocenters. The Morgan fingerprint density at radius 2 is 1.94 bits per heavy atom. The Morgan fingerprint density at radius 3 is 2.53 bits per heavy atom. The average Bonchev–Trinajstić information content (AvgIpc) is 2.71. The van der Waals surface area contributed by atoms with Gasteiger partial charge < -0.3 is 9.80 Å². The van der Waals surface area contributed by atoms with Crippen LogP contribution in [0.25, 0.3) is 0 Å². The molecule has 4 heteroatoms. The summed E-state index contributed by atoms with van der Waals surface area (Å²) in [6, 6.07) is 9.47. The molecule has 1 atom stereocenters. The fourth-order valence-corrected chi connectivity index (χ4v) is 2.10. The van der Waals surface area contributed by atoms with Crippen LogP contribution in [-0.2, 0) is 9.59 Å². The molecule has 0 spiro atoms.